The molecule has 0 aromatic heterocycles. The van der Waals surface area contributed by atoms with Gasteiger partial charge in [0.1, 0.15) is 0 Å². The van der Waals surface area contributed by atoms with Crippen LogP contribution >= 0.6 is 0 Å². The van der Waals surface area contributed by atoms with Crippen molar-refractivity contribution in [2.24, 2.45) is 28.6 Å². The summed E-state index contributed by atoms with van der Waals surface area (Å²) in [5.41, 5.74) is -0.193. The molecule has 0 spiro atoms. The molecule has 1 saturated heterocycles. The zero-order chi connectivity index (χ0) is 17.8. The van der Waals surface area contributed by atoms with E-state index in [9.17, 15) is 4.79 Å². The summed E-state index contributed by atoms with van der Waals surface area (Å²) in [6.45, 7) is 13.4. The van der Waals surface area contributed by atoms with Crippen LogP contribution in [-0.2, 0) is 14.3 Å². The van der Waals surface area contributed by atoms with Gasteiger partial charge in [0.15, 0.2) is 5.60 Å². The van der Waals surface area contributed by atoms with Gasteiger partial charge in [-0.15, -0.1) is 6.58 Å². The molecular weight excluding hydrogens is 300 g/mol. The Morgan fingerprint density at radius 2 is 2.08 bits per heavy atom. The van der Waals surface area contributed by atoms with Crippen LogP contribution < -0.4 is 0 Å². The molecule has 0 aromatic rings. The lowest BCUT2D eigenvalue weighted by atomic mass is 9.45. The molecule has 1 aliphatic heterocycles. The Morgan fingerprint density at radius 3 is 2.71 bits per heavy atom. The first-order valence-electron chi connectivity index (χ1n) is 9.61. The lowest BCUT2D eigenvalue weighted by Crippen LogP contribution is -2.57. The molecule has 3 nitrogen and oxygen atoms in total. The average Bonchev–Trinajstić information content (AvgIpc) is 3.26. The molecule has 1 heterocycles. The van der Waals surface area contributed by atoms with Gasteiger partial charge in [-0.05, 0) is 54.8 Å². The second-order valence-corrected chi connectivity index (χ2v) is 9.37. The van der Waals surface area contributed by atoms with Crippen LogP contribution in [0.5, 0.6) is 0 Å². The van der Waals surface area contributed by atoms with E-state index in [1.54, 1.807) is 0 Å². The first kappa shape index (κ1) is 18.0. The van der Waals surface area contributed by atoms with Gasteiger partial charge in [0.2, 0.25) is 0 Å². The summed E-state index contributed by atoms with van der Waals surface area (Å²) in [7, 11) is 1.50. The van der Waals surface area contributed by atoms with Crippen molar-refractivity contribution in [2.45, 2.75) is 77.9 Å². The number of allylic oxidation sites excluding steroid dienone is 1. The van der Waals surface area contributed by atoms with Crippen LogP contribution in [0.4, 0.5) is 0 Å². The molecule has 3 fully saturated rings. The van der Waals surface area contributed by atoms with E-state index in [4.69, 9.17) is 9.47 Å². The Bertz CT molecular complexity index is 525. The number of methoxy groups -OCH3 is 1. The molecular formula is C21H34O3. The minimum Gasteiger partial charge on any atom is -0.467 e. The summed E-state index contributed by atoms with van der Waals surface area (Å²) in [6.07, 6.45) is 8.88. The van der Waals surface area contributed by atoms with Gasteiger partial charge in [-0.3, -0.25) is 0 Å². The first-order chi connectivity index (χ1) is 11.2. The van der Waals surface area contributed by atoms with Crippen molar-refractivity contribution < 1.29 is 14.3 Å². The fraction of sp³-hybridized carbons (Fsp3) is 0.857. The van der Waals surface area contributed by atoms with E-state index in [1.165, 1.54) is 26.4 Å². The van der Waals surface area contributed by atoms with Gasteiger partial charge in [-0.1, -0.05) is 40.2 Å². The van der Waals surface area contributed by atoms with Crippen molar-refractivity contribution in [1.82, 2.24) is 0 Å². The molecule has 0 N–H and O–H groups in total. The van der Waals surface area contributed by atoms with Gasteiger partial charge >= 0.3 is 5.97 Å². The Hall–Kier alpha value is -0.830. The minimum absolute atomic E-state index is 0.0597. The maximum atomic E-state index is 12.7. The molecule has 2 aliphatic carbocycles. The number of rotatable bonds is 5. The molecule has 0 amide bonds. The Balaban J connectivity index is 1.95. The number of epoxide rings is 1. The zero-order valence-corrected chi connectivity index (χ0v) is 16.1. The highest BCUT2D eigenvalue weighted by atomic mass is 16.7. The van der Waals surface area contributed by atoms with E-state index in [2.05, 4.69) is 34.3 Å². The van der Waals surface area contributed by atoms with Gasteiger partial charge in [0.25, 0.3) is 0 Å². The van der Waals surface area contributed by atoms with Gasteiger partial charge < -0.3 is 9.47 Å². The highest BCUT2D eigenvalue weighted by Crippen LogP contribution is 2.69. The van der Waals surface area contributed by atoms with Crippen molar-refractivity contribution in [3.8, 4) is 0 Å². The van der Waals surface area contributed by atoms with E-state index in [1.807, 2.05) is 6.08 Å². The topological polar surface area (TPSA) is 38.8 Å². The molecule has 2 saturated carbocycles. The number of fused-ring (bicyclic) bond motifs is 2. The third-order valence-electron chi connectivity index (χ3n) is 7.62. The van der Waals surface area contributed by atoms with Crippen molar-refractivity contribution in [2.75, 3.05) is 7.11 Å². The van der Waals surface area contributed by atoms with Crippen LogP contribution in [0, 0.1) is 28.6 Å². The molecule has 6 atom stereocenters. The fourth-order valence-corrected chi connectivity index (χ4v) is 6.18. The monoisotopic (exact) mass is 334 g/mol. The first-order valence-corrected chi connectivity index (χ1v) is 9.61. The lowest BCUT2D eigenvalue weighted by molar-refractivity contribution is -0.158. The van der Waals surface area contributed by atoms with Crippen LogP contribution in [0.25, 0.3) is 0 Å². The van der Waals surface area contributed by atoms with E-state index >= 15 is 0 Å². The van der Waals surface area contributed by atoms with Gasteiger partial charge in [-0.2, -0.15) is 0 Å². The largest absolute Gasteiger partial charge is 0.467 e. The lowest BCUT2D eigenvalue weighted by Gasteiger charge is -2.57. The summed E-state index contributed by atoms with van der Waals surface area (Å²) in [5.74, 6) is 1.19. The van der Waals surface area contributed by atoms with E-state index in [0.717, 1.165) is 19.3 Å². The maximum absolute atomic E-state index is 12.7. The van der Waals surface area contributed by atoms with Gasteiger partial charge in [0.05, 0.1) is 13.2 Å². The number of esters is 1. The zero-order valence-electron chi connectivity index (χ0n) is 16.1. The molecule has 3 rings (SSSR count). The number of carbonyl (C=O) groups excluding carboxylic acids is 1. The average molecular weight is 335 g/mol. The van der Waals surface area contributed by atoms with Crippen LogP contribution in [-0.4, -0.2) is 24.8 Å². The highest BCUT2D eigenvalue weighted by Gasteiger charge is 2.76. The normalized spacial score (nSPS) is 44.0. The minimum atomic E-state index is -0.672. The molecule has 0 radical (unpaired) electrons. The fourth-order valence-electron chi connectivity index (χ4n) is 6.18. The smallest absolute Gasteiger partial charge is 0.341 e. The van der Waals surface area contributed by atoms with Crippen molar-refractivity contribution in [3.63, 3.8) is 0 Å². The maximum Gasteiger partial charge on any atom is 0.341 e. The standard InChI is InChI=1S/C21H34O3/c1-7-14(2)9-10-15-20(5)12-8-11-19(3,4)16(20)13-17-21(15,24-17)18(22)23-6/h7,14-17H,1,8-13H2,2-6H3/t14-,15-,16+,17+,20-,21-/m1/s1. The third-order valence-corrected chi connectivity index (χ3v) is 7.62. The Morgan fingerprint density at radius 1 is 1.38 bits per heavy atom. The number of ether oxygens (including phenoxy) is 2. The molecule has 136 valence electrons. The van der Waals surface area contributed by atoms with E-state index < -0.39 is 5.60 Å². The summed E-state index contributed by atoms with van der Waals surface area (Å²) in [6, 6.07) is 0. The second kappa shape index (κ2) is 5.86. The van der Waals surface area contributed by atoms with Crippen molar-refractivity contribution >= 4 is 5.97 Å². The summed E-state index contributed by atoms with van der Waals surface area (Å²) in [4.78, 5) is 12.7. The van der Waals surface area contributed by atoms with Crippen LogP contribution in [0.15, 0.2) is 12.7 Å². The quantitative estimate of drug-likeness (QED) is 0.414. The summed E-state index contributed by atoms with van der Waals surface area (Å²) in [5, 5.41) is 0. The Kier molecular flexibility index (Phi) is 4.39. The van der Waals surface area contributed by atoms with E-state index in [-0.39, 0.29) is 23.4 Å². The SMILES string of the molecule is C=C[C@@H](C)CC[C@@H]1[C@@]2(C)CCCC(C)(C)[C@@H]2C[C@@H]2O[C@@]21C(=O)OC. The third kappa shape index (κ3) is 2.46. The molecule has 3 heteroatoms. The molecule has 0 unspecified atom stereocenters. The summed E-state index contributed by atoms with van der Waals surface area (Å²) < 4.78 is 11.3. The van der Waals surface area contributed by atoms with E-state index in [0.29, 0.717) is 17.3 Å². The molecule has 0 aromatic carbocycles. The number of hydrogen-bond acceptors (Lipinski definition) is 3. The predicted molar refractivity (Wildman–Crippen MR) is 95.6 cm³/mol. The number of carbonyl (C=O) groups is 1. The predicted octanol–water partition coefficient (Wildman–Crippen LogP) is 4.75. The Labute approximate surface area is 147 Å². The molecule has 0 bridgehead atoms. The molecule has 3 aliphatic rings. The van der Waals surface area contributed by atoms with Crippen molar-refractivity contribution in [1.29, 1.82) is 0 Å². The highest BCUT2D eigenvalue weighted by molar-refractivity contribution is 5.84. The van der Waals surface area contributed by atoms with Crippen LogP contribution in [0.1, 0.15) is 66.2 Å². The van der Waals surface area contributed by atoms with Crippen LogP contribution in [0.3, 0.4) is 0 Å². The number of hydrogen-bond donors (Lipinski definition) is 0. The van der Waals surface area contributed by atoms with Gasteiger partial charge in [-0.25, -0.2) is 4.79 Å². The molecule has 24 heavy (non-hydrogen) atoms. The van der Waals surface area contributed by atoms with Gasteiger partial charge in [0, 0.05) is 5.92 Å². The summed E-state index contributed by atoms with van der Waals surface area (Å²) >= 11 is 0. The van der Waals surface area contributed by atoms with Crippen LogP contribution in [0.2, 0.25) is 0 Å². The van der Waals surface area contributed by atoms with Crippen molar-refractivity contribution in [3.05, 3.63) is 12.7 Å². The second-order valence-electron chi connectivity index (χ2n) is 9.37.